The Morgan fingerprint density at radius 1 is 1.12 bits per heavy atom. The fourth-order valence-corrected chi connectivity index (χ4v) is 2.72. The van der Waals surface area contributed by atoms with E-state index in [2.05, 4.69) is 28.6 Å². The minimum Gasteiger partial charge on any atom is -0.361 e. The highest BCUT2D eigenvalue weighted by Crippen LogP contribution is 2.29. The summed E-state index contributed by atoms with van der Waals surface area (Å²) in [7, 11) is 0. The van der Waals surface area contributed by atoms with Crippen molar-refractivity contribution in [3.05, 3.63) is 58.4 Å². The first-order valence-electron chi connectivity index (χ1n) is 5.21. The van der Waals surface area contributed by atoms with Crippen LogP contribution in [0.5, 0.6) is 0 Å². The van der Waals surface area contributed by atoms with Gasteiger partial charge in [0, 0.05) is 22.0 Å². The number of nitrogens with one attached hydrogen (secondary N) is 1. The van der Waals surface area contributed by atoms with Crippen molar-refractivity contribution in [2.75, 3.05) is 0 Å². The van der Waals surface area contributed by atoms with E-state index in [1.54, 1.807) is 11.3 Å². The highest BCUT2D eigenvalue weighted by atomic mass is 32.1. The van der Waals surface area contributed by atoms with Crippen LogP contribution in [0, 0.1) is 0 Å². The first-order chi connectivity index (χ1) is 7.86. The van der Waals surface area contributed by atoms with Gasteiger partial charge in [0.15, 0.2) is 0 Å². The van der Waals surface area contributed by atoms with Crippen LogP contribution in [0.3, 0.4) is 0 Å². The molecule has 2 nitrogen and oxygen atoms in total. The molecule has 3 aromatic rings. The van der Waals surface area contributed by atoms with E-state index in [-0.39, 0.29) is 6.04 Å². The lowest BCUT2D eigenvalue weighted by Crippen LogP contribution is -2.09. The molecule has 1 atom stereocenters. The Labute approximate surface area is 97.7 Å². The molecule has 0 aliphatic rings. The molecule has 0 aliphatic heterocycles. The molecule has 16 heavy (non-hydrogen) atoms. The summed E-state index contributed by atoms with van der Waals surface area (Å²) in [6, 6.07) is 12.3. The Kier molecular flexibility index (Phi) is 2.27. The Morgan fingerprint density at radius 3 is 2.81 bits per heavy atom. The molecule has 80 valence electrons. The van der Waals surface area contributed by atoms with Gasteiger partial charge in [-0.2, -0.15) is 0 Å². The number of para-hydroxylation sites is 1. The van der Waals surface area contributed by atoms with E-state index in [1.807, 2.05) is 24.4 Å². The highest BCUT2D eigenvalue weighted by Gasteiger charge is 2.13. The smallest absolute Gasteiger partial charge is 0.0667 e. The zero-order chi connectivity index (χ0) is 11.0. The molecule has 0 aliphatic carbocycles. The van der Waals surface area contributed by atoms with Gasteiger partial charge in [-0.3, -0.25) is 0 Å². The van der Waals surface area contributed by atoms with Gasteiger partial charge in [-0.1, -0.05) is 24.3 Å². The molecule has 3 rings (SSSR count). The number of hydrogen-bond acceptors (Lipinski definition) is 2. The van der Waals surface area contributed by atoms with Crippen LogP contribution in [-0.2, 0) is 0 Å². The Hall–Kier alpha value is -1.58. The molecule has 0 radical (unpaired) electrons. The van der Waals surface area contributed by atoms with Crippen LogP contribution in [0.2, 0.25) is 0 Å². The van der Waals surface area contributed by atoms with Gasteiger partial charge in [-0.05, 0) is 23.1 Å². The molecule has 0 spiro atoms. The van der Waals surface area contributed by atoms with Crippen LogP contribution >= 0.6 is 11.3 Å². The van der Waals surface area contributed by atoms with Crippen molar-refractivity contribution in [3.8, 4) is 0 Å². The summed E-state index contributed by atoms with van der Waals surface area (Å²) in [5, 5.41) is 3.27. The number of thiophene rings is 1. The monoisotopic (exact) mass is 228 g/mol. The second-order valence-electron chi connectivity index (χ2n) is 3.78. The van der Waals surface area contributed by atoms with E-state index < -0.39 is 0 Å². The first kappa shape index (κ1) is 9.63. The van der Waals surface area contributed by atoms with Crippen LogP contribution < -0.4 is 5.73 Å². The van der Waals surface area contributed by atoms with E-state index in [9.17, 15) is 0 Å². The lowest BCUT2D eigenvalue weighted by atomic mass is 10.1. The van der Waals surface area contributed by atoms with Crippen molar-refractivity contribution < 1.29 is 0 Å². The number of hydrogen-bond donors (Lipinski definition) is 2. The zero-order valence-electron chi connectivity index (χ0n) is 8.68. The van der Waals surface area contributed by atoms with Gasteiger partial charge >= 0.3 is 0 Å². The van der Waals surface area contributed by atoms with E-state index in [1.165, 1.54) is 10.3 Å². The molecule has 0 unspecified atom stereocenters. The molecule has 2 aromatic heterocycles. The third-order valence-electron chi connectivity index (χ3n) is 2.81. The number of aromatic nitrogens is 1. The third-order valence-corrected chi connectivity index (χ3v) is 3.76. The van der Waals surface area contributed by atoms with E-state index in [4.69, 9.17) is 5.73 Å². The highest BCUT2D eigenvalue weighted by molar-refractivity contribution is 7.10. The fourth-order valence-electron chi connectivity index (χ4n) is 1.97. The van der Waals surface area contributed by atoms with Crippen LogP contribution in [0.15, 0.2) is 48.0 Å². The van der Waals surface area contributed by atoms with E-state index >= 15 is 0 Å². The largest absolute Gasteiger partial charge is 0.361 e. The van der Waals surface area contributed by atoms with Gasteiger partial charge in [0.2, 0.25) is 0 Å². The molecule has 0 amide bonds. The van der Waals surface area contributed by atoms with Gasteiger partial charge in [-0.15, -0.1) is 11.3 Å². The average molecular weight is 228 g/mol. The molecular weight excluding hydrogens is 216 g/mol. The summed E-state index contributed by atoms with van der Waals surface area (Å²) in [5.41, 5.74) is 8.57. The number of rotatable bonds is 2. The average Bonchev–Trinajstić information content (AvgIpc) is 2.98. The molecule has 0 bridgehead atoms. The number of fused-ring (bicyclic) bond motifs is 1. The van der Waals surface area contributed by atoms with Gasteiger partial charge in [0.25, 0.3) is 0 Å². The molecule has 2 heterocycles. The van der Waals surface area contributed by atoms with Crippen LogP contribution in [0.25, 0.3) is 10.9 Å². The molecule has 0 fully saturated rings. The Balaban J connectivity index is 2.12. The van der Waals surface area contributed by atoms with Crippen molar-refractivity contribution >= 4 is 22.2 Å². The molecule has 3 N–H and O–H groups in total. The SMILES string of the molecule is N[C@@H](c1cccs1)c1c[nH]c2ccccc12. The maximum atomic E-state index is 6.26. The van der Waals surface area contributed by atoms with Crippen molar-refractivity contribution in [2.45, 2.75) is 6.04 Å². The standard InChI is InChI=1S/C13H12N2S/c14-13(12-6-3-7-16-12)10-8-15-11-5-2-1-4-9(10)11/h1-8,13,15H,14H2/t13-/m1/s1. The van der Waals surface area contributed by atoms with E-state index in [0.717, 1.165) is 11.1 Å². The Bertz CT molecular complexity index is 595. The molecule has 1 aromatic carbocycles. The lowest BCUT2D eigenvalue weighted by molar-refractivity contribution is 0.903. The Morgan fingerprint density at radius 2 is 2.00 bits per heavy atom. The summed E-state index contributed by atoms with van der Waals surface area (Å²) < 4.78 is 0. The summed E-state index contributed by atoms with van der Waals surface area (Å²) in [6.07, 6.45) is 2.01. The quantitative estimate of drug-likeness (QED) is 0.694. The summed E-state index contributed by atoms with van der Waals surface area (Å²) >= 11 is 1.70. The van der Waals surface area contributed by atoms with Crippen LogP contribution in [-0.4, -0.2) is 4.98 Å². The van der Waals surface area contributed by atoms with Gasteiger partial charge in [0.05, 0.1) is 6.04 Å². The topological polar surface area (TPSA) is 41.8 Å². The van der Waals surface area contributed by atoms with E-state index in [0.29, 0.717) is 0 Å². The number of H-pyrrole nitrogens is 1. The minimum absolute atomic E-state index is 0.0313. The summed E-state index contributed by atoms with van der Waals surface area (Å²) in [4.78, 5) is 4.45. The third kappa shape index (κ3) is 1.45. The maximum Gasteiger partial charge on any atom is 0.0667 e. The maximum absolute atomic E-state index is 6.26. The normalized spacial score (nSPS) is 13.1. The van der Waals surface area contributed by atoms with Gasteiger partial charge < -0.3 is 10.7 Å². The number of nitrogens with two attached hydrogens (primary N) is 1. The lowest BCUT2D eigenvalue weighted by Gasteiger charge is -2.07. The first-order valence-corrected chi connectivity index (χ1v) is 6.09. The molecular formula is C13H12N2S. The summed E-state index contributed by atoms with van der Waals surface area (Å²) in [6.45, 7) is 0. The zero-order valence-corrected chi connectivity index (χ0v) is 9.50. The molecule has 0 saturated heterocycles. The van der Waals surface area contributed by atoms with Gasteiger partial charge in [0.1, 0.15) is 0 Å². The van der Waals surface area contributed by atoms with Gasteiger partial charge in [-0.25, -0.2) is 0 Å². The van der Waals surface area contributed by atoms with Crippen molar-refractivity contribution in [1.29, 1.82) is 0 Å². The van der Waals surface area contributed by atoms with Crippen LogP contribution in [0.4, 0.5) is 0 Å². The van der Waals surface area contributed by atoms with Crippen molar-refractivity contribution in [1.82, 2.24) is 4.98 Å². The number of benzene rings is 1. The number of aromatic amines is 1. The molecule has 3 heteroatoms. The second-order valence-corrected chi connectivity index (χ2v) is 4.76. The second kappa shape index (κ2) is 3.77. The molecule has 0 saturated carbocycles. The van der Waals surface area contributed by atoms with Crippen LogP contribution in [0.1, 0.15) is 16.5 Å². The summed E-state index contributed by atoms with van der Waals surface area (Å²) in [5.74, 6) is 0. The fraction of sp³-hybridized carbons (Fsp3) is 0.0769. The van der Waals surface area contributed by atoms with Crippen molar-refractivity contribution in [3.63, 3.8) is 0 Å². The predicted molar refractivity (Wildman–Crippen MR) is 68.6 cm³/mol. The minimum atomic E-state index is -0.0313. The van der Waals surface area contributed by atoms with Crippen molar-refractivity contribution in [2.24, 2.45) is 5.73 Å². The predicted octanol–water partition coefficient (Wildman–Crippen LogP) is 3.28.